The van der Waals surface area contributed by atoms with E-state index in [2.05, 4.69) is 27.5 Å². The van der Waals surface area contributed by atoms with E-state index in [9.17, 15) is 4.79 Å². The van der Waals surface area contributed by atoms with E-state index in [1.807, 2.05) is 13.8 Å². The zero-order valence-corrected chi connectivity index (χ0v) is 13.3. The molecule has 1 aromatic heterocycles. The molecule has 0 aliphatic heterocycles. The molecule has 0 spiro atoms. The van der Waals surface area contributed by atoms with E-state index >= 15 is 0 Å². The molecular weight excluding hydrogens is 266 g/mol. The second-order valence-corrected chi connectivity index (χ2v) is 5.09. The van der Waals surface area contributed by atoms with Crippen LogP contribution in [0.25, 0.3) is 0 Å². The standard InChI is InChI=1S/C15H27N5O/c1-4-9-17-14-11(3)15(20-13(5-2)19-14)18-10-7-6-8-12(16)21/h4-10H2,1-3H3,(H2,16,21)(H2,17,18,19,20). The van der Waals surface area contributed by atoms with Crippen molar-refractivity contribution in [2.24, 2.45) is 5.73 Å². The number of nitrogens with one attached hydrogen (secondary N) is 2. The van der Waals surface area contributed by atoms with E-state index in [0.717, 1.165) is 61.8 Å². The minimum atomic E-state index is -0.243. The fraction of sp³-hybridized carbons (Fsp3) is 0.667. The van der Waals surface area contributed by atoms with Crippen LogP contribution in [0.3, 0.4) is 0 Å². The van der Waals surface area contributed by atoms with Crippen LogP contribution in [0.4, 0.5) is 11.6 Å². The molecule has 0 radical (unpaired) electrons. The van der Waals surface area contributed by atoms with Gasteiger partial charge in [-0.3, -0.25) is 4.79 Å². The molecule has 1 heterocycles. The summed E-state index contributed by atoms with van der Waals surface area (Å²) < 4.78 is 0. The van der Waals surface area contributed by atoms with E-state index in [1.54, 1.807) is 0 Å². The summed E-state index contributed by atoms with van der Waals surface area (Å²) in [6, 6.07) is 0. The van der Waals surface area contributed by atoms with Gasteiger partial charge in [-0.1, -0.05) is 13.8 Å². The van der Waals surface area contributed by atoms with Crippen LogP contribution in [-0.4, -0.2) is 29.0 Å². The first-order chi connectivity index (χ1) is 10.1. The fourth-order valence-corrected chi connectivity index (χ4v) is 1.94. The van der Waals surface area contributed by atoms with E-state index in [4.69, 9.17) is 5.73 Å². The smallest absolute Gasteiger partial charge is 0.217 e. The van der Waals surface area contributed by atoms with Crippen molar-refractivity contribution in [2.45, 2.75) is 52.9 Å². The minimum absolute atomic E-state index is 0.243. The summed E-state index contributed by atoms with van der Waals surface area (Å²) in [7, 11) is 0. The highest BCUT2D eigenvalue weighted by atomic mass is 16.1. The summed E-state index contributed by atoms with van der Waals surface area (Å²) in [5, 5.41) is 6.68. The lowest BCUT2D eigenvalue weighted by atomic mass is 10.2. The quantitative estimate of drug-likeness (QED) is 0.575. The molecule has 0 bridgehead atoms. The number of nitrogens with two attached hydrogens (primary N) is 1. The van der Waals surface area contributed by atoms with Gasteiger partial charge in [-0.15, -0.1) is 0 Å². The van der Waals surface area contributed by atoms with Crippen molar-refractivity contribution in [1.82, 2.24) is 9.97 Å². The number of primary amides is 1. The summed E-state index contributed by atoms with van der Waals surface area (Å²) >= 11 is 0. The lowest BCUT2D eigenvalue weighted by Crippen LogP contribution is -2.13. The number of carbonyl (C=O) groups is 1. The van der Waals surface area contributed by atoms with Gasteiger partial charge in [-0.25, -0.2) is 9.97 Å². The van der Waals surface area contributed by atoms with Gasteiger partial charge < -0.3 is 16.4 Å². The summed E-state index contributed by atoms with van der Waals surface area (Å²) in [5.41, 5.74) is 6.16. The number of aromatic nitrogens is 2. The molecule has 118 valence electrons. The summed E-state index contributed by atoms with van der Waals surface area (Å²) in [5.74, 6) is 2.37. The van der Waals surface area contributed by atoms with E-state index in [1.165, 1.54) is 0 Å². The monoisotopic (exact) mass is 293 g/mol. The van der Waals surface area contributed by atoms with Gasteiger partial charge in [0.1, 0.15) is 17.5 Å². The molecule has 1 aromatic rings. The summed E-state index contributed by atoms with van der Waals surface area (Å²) in [4.78, 5) is 19.8. The van der Waals surface area contributed by atoms with Crippen LogP contribution >= 0.6 is 0 Å². The molecule has 0 saturated heterocycles. The highest BCUT2D eigenvalue weighted by Gasteiger charge is 2.09. The molecule has 1 rings (SSSR count). The second kappa shape index (κ2) is 9.15. The Morgan fingerprint density at radius 1 is 1.10 bits per heavy atom. The summed E-state index contributed by atoms with van der Waals surface area (Å²) in [6.07, 6.45) is 3.99. The molecule has 0 aliphatic carbocycles. The van der Waals surface area contributed by atoms with Crippen molar-refractivity contribution in [3.05, 3.63) is 11.4 Å². The van der Waals surface area contributed by atoms with Gasteiger partial charge in [0.2, 0.25) is 5.91 Å². The number of hydrogen-bond acceptors (Lipinski definition) is 5. The normalized spacial score (nSPS) is 10.4. The molecule has 6 nitrogen and oxygen atoms in total. The minimum Gasteiger partial charge on any atom is -0.370 e. The number of hydrogen-bond donors (Lipinski definition) is 3. The van der Waals surface area contributed by atoms with Gasteiger partial charge in [0.25, 0.3) is 0 Å². The van der Waals surface area contributed by atoms with Crippen molar-refractivity contribution >= 4 is 17.5 Å². The Bertz CT molecular complexity index is 462. The summed E-state index contributed by atoms with van der Waals surface area (Å²) in [6.45, 7) is 7.87. The number of unbranched alkanes of at least 4 members (excludes halogenated alkanes) is 1. The maximum absolute atomic E-state index is 10.7. The van der Waals surface area contributed by atoms with Crippen LogP contribution in [0.15, 0.2) is 0 Å². The molecule has 0 aliphatic rings. The van der Waals surface area contributed by atoms with Crippen molar-refractivity contribution < 1.29 is 4.79 Å². The predicted molar refractivity (Wildman–Crippen MR) is 86.5 cm³/mol. The lowest BCUT2D eigenvalue weighted by Gasteiger charge is -2.14. The zero-order valence-electron chi connectivity index (χ0n) is 13.3. The van der Waals surface area contributed by atoms with E-state index in [0.29, 0.717) is 6.42 Å². The average molecular weight is 293 g/mol. The van der Waals surface area contributed by atoms with Crippen LogP contribution in [0.5, 0.6) is 0 Å². The molecule has 0 unspecified atom stereocenters. The van der Waals surface area contributed by atoms with Crippen LogP contribution in [-0.2, 0) is 11.2 Å². The Balaban J connectivity index is 2.64. The van der Waals surface area contributed by atoms with Crippen molar-refractivity contribution in [3.8, 4) is 0 Å². The molecule has 0 fully saturated rings. The highest BCUT2D eigenvalue weighted by Crippen LogP contribution is 2.20. The van der Waals surface area contributed by atoms with Crippen LogP contribution in [0.2, 0.25) is 0 Å². The van der Waals surface area contributed by atoms with Gasteiger partial charge in [0.15, 0.2) is 0 Å². The van der Waals surface area contributed by atoms with E-state index < -0.39 is 0 Å². The third kappa shape index (κ3) is 5.97. The third-order valence-electron chi connectivity index (χ3n) is 3.19. The predicted octanol–water partition coefficient (Wildman–Crippen LogP) is 2.24. The van der Waals surface area contributed by atoms with Gasteiger partial charge in [0, 0.05) is 31.5 Å². The van der Waals surface area contributed by atoms with Crippen LogP contribution in [0.1, 0.15) is 50.9 Å². The molecule has 6 heteroatoms. The Labute approximate surface area is 126 Å². The first-order valence-electron chi connectivity index (χ1n) is 7.72. The number of amides is 1. The molecule has 1 amide bonds. The fourth-order valence-electron chi connectivity index (χ4n) is 1.94. The zero-order chi connectivity index (χ0) is 15.7. The maximum atomic E-state index is 10.7. The van der Waals surface area contributed by atoms with Gasteiger partial charge in [-0.05, 0) is 26.2 Å². The van der Waals surface area contributed by atoms with Gasteiger partial charge >= 0.3 is 0 Å². The molecular formula is C15H27N5O. The Hall–Kier alpha value is -1.85. The average Bonchev–Trinajstić information content (AvgIpc) is 2.46. The molecule has 21 heavy (non-hydrogen) atoms. The van der Waals surface area contributed by atoms with Crippen molar-refractivity contribution in [1.29, 1.82) is 0 Å². The number of carbonyl (C=O) groups excluding carboxylic acids is 1. The van der Waals surface area contributed by atoms with Gasteiger partial charge in [0.05, 0.1) is 0 Å². The largest absolute Gasteiger partial charge is 0.370 e. The Kier molecular flexibility index (Phi) is 7.50. The van der Waals surface area contributed by atoms with E-state index in [-0.39, 0.29) is 5.91 Å². The Morgan fingerprint density at radius 2 is 1.71 bits per heavy atom. The number of nitrogens with zero attached hydrogens (tertiary/aromatic N) is 2. The van der Waals surface area contributed by atoms with Crippen molar-refractivity contribution in [3.63, 3.8) is 0 Å². The SMILES string of the molecule is CCCNc1nc(CC)nc(NCCCCC(N)=O)c1C. The topological polar surface area (TPSA) is 92.9 Å². The van der Waals surface area contributed by atoms with Crippen LogP contribution in [0, 0.1) is 6.92 Å². The molecule has 0 aromatic carbocycles. The molecule has 4 N–H and O–H groups in total. The Morgan fingerprint density at radius 3 is 2.24 bits per heavy atom. The first-order valence-corrected chi connectivity index (χ1v) is 7.72. The second-order valence-electron chi connectivity index (χ2n) is 5.09. The maximum Gasteiger partial charge on any atom is 0.217 e. The van der Waals surface area contributed by atoms with Gasteiger partial charge in [-0.2, -0.15) is 0 Å². The third-order valence-corrected chi connectivity index (χ3v) is 3.19. The molecule has 0 atom stereocenters. The highest BCUT2D eigenvalue weighted by molar-refractivity contribution is 5.73. The molecule has 0 saturated carbocycles. The number of aryl methyl sites for hydroxylation is 1. The van der Waals surface area contributed by atoms with Crippen molar-refractivity contribution in [2.75, 3.05) is 23.7 Å². The van der Waals surface area contributed by atoms with Crippen LogP contribution < -0.4 is 16.4 Å². The lowest BCUT2D eigenvalue weighted by molar-refractivity contribution is -0.118. The number of rotatable bonds is 10. The first kappa shape index (κ1) is 17.2. The number of anilines is 2.